The normalized spacial score (nSPS) is 11.0. The lowest BCUT2D eigenvalue weighted by atomic mass is 10.1. The number of esters is 1. The zero-order chi connectivity index (χ0) is 14.8. The summed E-state index contributed by atoms with van der Waals surface area (Å²) in [6, 6.07) is 13.9. The number of benzene rings is 2. The van der Waals surface area contributed by atoms with Crippen molar-refractivity contribution >= 4 is 33.6 Å². The molecule has 0 atom stereocenters. The number of rotatable bonds is 4. The molecule has 0 saturated carbocycles. The number of ether oxygens (including phenoxy) is 1. The number of fused-ring (bicyclic) bond motifs is 3. The van der Waals surface area contributed by atoms with Gasteiger partial charge in [0.05, 0.1) is 6.61 Å². The second-order valence-corrected chi connectivity index (χ2v) is 4.94. The van der Waals surface area contributed by atoms with Crippen LogP contribution in [0.2, 0.25) is 0 Å². The van der Waals surface area contributed by atoms with Crippen LogP contribution in [-0.2, 0) is 9.53 Å². The summed E-state index contributed by atoms with van der Waals surface area (Å²) >= 11 is 0. The molecule has 0 aliphatic heterocycles. The Morgan fingerprint density at radius 1 is 1.14 bits per heavy atom. The first kappa shape index (κ1) is 13.5. The minimum absolute atomic E-state index is 0.222. The lowest BCUT2D eigenvalue weighted by molar-refractivity contribution is -0.141. The van der Waals surface area contributed by atoms with Gasteiger partial charge in [0.1, 0.15) is 17.7 Å². The van der Waals surface area contributed by atoms with Gasteiger partial charge in [-0.1, -0.05) is 18.2 Å². The number of carbonyl (C=O) groups is 1. The van der Waals surface area contributed by atoms with E-state index in [4.69, 9.17) is 9.15 Å². The summed E-state index contributed by atoms with van der Waals surface area (Å²) < 4.78 is 10.8. The van der Waals surface area contributed by atoms with Gasteiger partial charge < -0.3 is 14.1 Å². The van der Waals surface area contributed by atoms with Crippen molar-refractivity contribution in [2.24, 2.45) is 0 Å². The fraction of sp³-hybridized carbons (Fsp3) is 0.235. The Balaban J connectivity index is 1.93. The quantitative estimate of drug-likeness (QED) is 0.686. The highest BCUT2D eigenvalue weighted by molar-refractivity contribution is 6.05. The van der Waals surface area contributed by atoms with Gasteiger partial charge in [-0.3, -0.25) is 4.79 Å². The van der Waals surface area contributed by atoms with E-state index in [1.807, 2.05) is 54.4 Å². The average molecular weight is 283 g/mol. The SMILES string of the molecule is CCOC(=O)CN(C)c1ccc2c(c1)oc1ccccc12. The number of anilines is 1. The molecule has 3 aromatic rings. The summed E-state index contributed by atoms with van der Waals surface area (Å²) in [6.45, 7) is 2.42. The third-order valence-corrected chi connectivity index (χ3v) is 3.47. The number of para-hydroxylation sites is 1. The molecule has 0 aliphatic carbocycles. The van der Waals surface area contributed by atoms with E-state index in [1.54, 1.807) is 6.92 Å². The van der Waals surface area contributed by atoms with Crippen molar-refractivity contribution in [1.29, 1.82) is 0 Å². The molecular formula is C17H17NO3. The first-order valence-electron chi connectivity index (χ1n) is 6.97. The molecule has 21 heavy (non-hydrogen) atoms. The molecule has 108 valence electrons. The monoisotopic (exact) mass is 283 g/mol. The van der Waals surface area contributed by atoms with E-state index in [9.17, 15) is 4.79 Å². The van der Waals surface area contributed by atoms with E-state index < -0.39 is 0 Å². The Kier molecular flexibility index (Phi) is 3.52. The van der Waals surface area contributed by atoms with Crippen molar-refractivity contribution in [1.82, 2.24) is 0 Å². The topological polar surface area (TPSA) is 42.7 Å². The lowest BCUT2D eigenvalue weighted by Gasteiger charge is -2.17. The van der Waals surface area contributed by atoms with E-state index in [0.29, 0.717) is 6.61 Å². The molecule has 0 amide bonds. The van der Waals surface area contributed by atoms with Crippen molar-refractivity contribution < 1.29 is 13.9 Å². The van der Waals surface area contributed by atoms with Gasteiger partial charge in [-0.25, -0.2) is 0 Å². The van der Waals surface area contributed by atoms with Crippen molar-refractivity contribution in [3.05, 3.63) is 42.5 Å². The van der Waals surface area contributed by atoms with Gasteiger partial charge in [-0.05, 0) is 25.1 Å². The minimum Gasteiger partial charge on any atom is -0.465 e. The van der Waals surface area contributed by atoms with Gasteiger partial charge in [-0.2, -0.15) is 0 Å². The zero-order valence-electron chi connectivity index (χ0n) is 12.1. The summed E-state index contributed by atoms with van der Waals surface area (Å²) in [5.74, 6) is -0.232. The molecule has 0 radical (unpaired) electrons. The Morgan fingerprint density at radius 3 is 2.71 bits per heavy atom. The van der Waals surface area contributed by atoms with E-state index in [0.717, 1.165) is 27.6 Å². The molecule has 0 saturated heterocycles. The van der Waals surface area contributed by atoms with Crippen molar-refractivity contribution in [3.63, 3.8) is 0 Å². The standard InChI is InChI=1S/C17H17NO3/c1-3-20-17(19)11-18(2)12-8-9-14-13-6-4-5-7-15(13)21-16(14)10-12/h4-10H,3,11H2,1-2H3. The molecule has 0 unspecified atom stereocenters. The number of hydrogen-bond donors (Lipinski definition) is 0. The zero-order valence-corrected chi connectivity index (χ0v) is 12.1. The fourth-order valence-corrected chi connectivity index (χ4v) is 2.44. The Hall–Kier alpha value is -2.49. The highest BCUT2D eigenvalue weighted by Gasteiger charge is 2.11. The molecule has 0 aliphatic rings. The maximum Gasteiger partial charge on any atom is 0.325 e. The largest absolute Gasteiger partial charge is 0.465 e. The molecule has 2 aromatic carbocycles. The number of likely N-dealkylation sites (N-methyl/N-ethyl adjacent to an activating group) is 1. The minimum atomic E-state index is -0.232. The number of furan rings is 1. The second kappa shape index (κ2) is 5.48. The van der Waals surface area contributed by atoms with E-state index >= 15 is 0 Å². The smallest absolute Gasteiger partial charge is 0.325 e. The first-order chi connectivity index (χ1) is 10.2. The van der Waals surface area contributed by atoms with E-state index in [-0.39, 0.29) is 12.5 Å². The Labute approximate surface area is 122 Å². The van der Waals surface area contributed by atoms with Gasteiger partial charge in [0.2, 0.25) is 0 Å². The summed E-state index contributed by atoms with van der Waals surface area (Å²) in [5.41, 5.74) is 2.62. The summed E-state index contributed by atoms with van der Waals surface area (Å²) in [6.07, 6.45) is 0. The van der Waals surface area contributed by atoms with Crippen LogP contribution in [0.25, 0.3) is 21.9 Å². The van der Waals surface area contributed by atoms with Gasteiger partial charge in [0.15, 0.2) is 0 Å². The number of carbonyl (C=O) groups excluding carboxylic acids is 1. The third kappa shape index (κ3) is 2.57. The summed E-state index contributed by atoms with van der Waals surface area (Å²) in [7, 11) is 1.86. The molecule has 1 heterocycles. The molecule has 3 rings (SSSR count). The molecule has 0 bridgehead atoms. The molecular weight excluding hydrogens is 266 g/mol. The fourth-order valence-electron chi connectivity index (χ4n) is 2.44. The average Bonchev–Trinajstić information content (AvgIpc) is 2.85. The highest BCUT2D eigenvalue weighted by atomic mass is 16.5. The van der Waals surface area contributed by atoms with Crippen LogP contribution in [0.1, 0.15) is 6.92 Å². The van der Waals surface area contributed by atoms with Gasteiger partial charge in [-0.15, -0.1) is 0 Å². The summed E-state index contributed by atoms with van der Waals surface area (Å²) in [4.78, 5) is 13.4. The predicted molar refractivity (Wildman–Crippen MR) is 83.6 cm³/mol. The van der Waals surface area contributed by atoms with Gasteiger partial charge in [0.25, 0.3) is 0 Å². The van der Waals surface area contributed by atoms with Gasteiger partial charge in [0, 0.05) is 29.6 Å². The number of nitrogens with zero attached hydrogens (tertiary/aromatic N) is 1. The third-order valence-electron chi connectivity index (χ3n) is 3.47. The lowest BCUT2D eigenvalue weighted by Crippen LogP contribution is -2.26. The van der Waals surface area contributed by atoms with Crippen LogP contribution in [-0.4, -0.2) is 26.2 Å². The van der Waals surface area contributed by atoms with Crippen LogP contribution < -0.4 is 4.90 Å². The van der Waals surface area contributed by atoms with Crippen LogP contribution in [0.3, 0.4) is 0 Å². The molecule has 4 nitrogen and oxygen atoms in total. The summed E-state index contributed by atoms with van der Waals surface area (Å²) in [5, 5.41) is 2.19. The van der Waals surface area contributed by atoms with Crippen LogP contribution in [0.5, 0.6) is 0 Å². The van der Waals surface area contributed by atoms with Crippen LogP contribution in [0.4, 0.5) is 5.69 Å². The first-order valence-corrected chi connectivity index (χ1v) is 6.97. The van der Waals surface area contributed by atoms with Crippen molar-refractivity contribution in [2.45, 2.75) is 6.92 Å². The molecule has 4 heteroatoms. The van der Waals surface area contributed by atoms with E-state index in [2.05, 4.69) is 0 Å². The Morgan fingerprint density at radius 2 is 1.90 bits per heavy atom. The maximum absolute atomic E-state index is 11.5. The number of hydrogen-bond acceptors (Lipinski definition) is 4. The molecule has 0 spiro atoms. The van der Waals surface area contributed by atoms with Crippen LogP contribution in [0.15, 0.2) is 46.9 Å². The van der Waals surface area contributed by atoms with Crippen LogP contribution in [0, 0.1) is 0 Å². The molecule has 0 N–H and O–H groups in total. The van der Waals surface area contributed by atoms with Crippen molar-refractivity contribution in [2.75, 3.05) is 25.1 Å². The van der Waals surface area contributed by atoms with E-state index in [1.165, 1.54) is 0 Å². The van der Waals surface area contributed by atoms with Gasteiger partial charge >= 0.3 is 5.97 Å². The highest BCUT2D eigenvalue weighted by Crippen LogP contribution is 2.31. The maximum atomic E-state index is 11.5. The van der Waals surface area contributed by atoms with Crippen LogP contribution >= 0.6 is 0 Å². The predicted octanol–water partition coefficient (Wildman–Crippen LogP) is 3.59. The molecule has 0 fully saturated rings. The Bertz CT molecular complexity index is 791. The second-order valence-electron chi connectivity index (χ2n) is 4.94. The molecule has 1 aromatic heterocycles. The van der Waals surface area contributed by atoms with Crippen molar-refractivity contribution in [3.8, 4) is 0 Å².